The van der Waals surface area contributed by atoms with E-state index in [2.05, 4.69) is 5.48 Å². The molecule has 0 aromatic rings. The van der Waals surface area contributed by atoms with E-state index in [1.807, 2.05) is 41.5 Å². The summed E-state index contributed by atoms with van der Waals surface area (Å²) in [5.74, 6) is -2.24. The summed E-state index contributed by atoms with van der Waals surface area (Å²) in [6, 6.07) is 0. The van der Waals surface area contributed by atoms with Gasteiger partial charge in [-0.3, -0.25) is 14.4 Å². The number of carbonyl (C=O) groups excluding carboxylic acids is 1. The number of nitrogens with one attached hydrogen (secondary N) is 1. The van der Waals surface area contributed by atoms with E-state index in [-0.39, 0.29) is 11.8 Å². The minimum Gasteiger partial charge on any atom is -0.481 e. The lowest BCUT2D eigenvalue weighted by Gasteiger charge is -2.26. The molecule has 0 bridgehead atoms. The molecule has 5 nitrogen and oxygen atoms in total. The van der Waals surface area contributed by atoms with Crippen LogP contribution in [0, 0.1) is 17.8 Å². The second-order valence-electron chi connectivity index (χ2n) is 6.65. The Morgan fingerprint density at radius 3 is 2.10 bits per heavy atom. The van der Waals surface area contributed by atoms with Crippen molar-refractivity contribution in [1.82, 2.24) is 5.48 Å². The van der Waals surface area contributed by atoms with E-state index in [1.165, 1.54) is 0 Å². The molecule has 0 saturated heterocycles. The summed E-state index contributed by atoms with van der Waals surface area (Å²) >= 11 is 0. The molecule has 0 saturated carbocycles. The molecule has 1 unspecified atom stereocenters. The predicted octanol–water partition coefficient (Wildman–Crippen LogP) is 3.00. The Morgan fingerprint density at radius 1 is 1.20 bits per heavy atom. The zero-order chi connectivity index (χ0) is 15.9. The zero-order valence-corrected chi connectivity index (χ0v) is 13.5. The van der Waals surface area contributed by atoms with Gasteiger partial charge in [-0.2, -0.15) is 0 Å². The maximum Gasteiger partial charge on any atom is 0.307 e. The standard InChI is InChI=1S/C15H29NO4/c1-7-8-11(12(14(18)19)9-10(2)3)13(17)16-20-15(4,5)6/h10-12H,7-9H2,1-6H3,(H,16,17)(H,18,19)/t11?,12-/m1/s1. The van der Waals surface area contributed by atoms with E-state index < -0.39 is 23.4 Å². The predicted molar refractivity (Wildman–Crippen MR) is 78.0 cm³/mol. The molecule has 0 heterocycles. The van der Waals surface area contributed by atoms with Crippen LogP contribution in [0.2, 0.25) is 0 Å². The largest absolute Gasteiger partial charge is 0.481 e. The summed E-state index contributed by atoms with van der Waals surface area (Å²) in [6.45, 7) is 11.3. The van der Waals surface area contributed by atoms with E-state index in [0.29, 0.717) is 12.8 Å². The molecule has 0 aliphatic rings. The van der Waals surface area contributed by atoms with Gasteiger partial charge in [-0.05, 0) is 39.5 Å². The smallest absolute Gasteiger partial charge is 0.307 e. The number of carboxylic acids is 1. The average Bonchev–Trinajstić information content (AvgIpc) is 2.29. The van der Waals surface area contributed by atoms with Crippen LogP contribution in [0.3, 0.4) is 0 Å². The van der Waals surface area contributed by atoms with Gasteiger partial charge in [0, 0.05) is 0 Å². The van der Waals surface area contributed by atoms with Gasteiger partial charge in [0.2, 0.25) is 5.91 Å². The van der Waals surface area contributed by atoms with E-state index in [9.17, 15) is 14.7 Å². The van der Waals surface area contributed by atoms with Crippen LogP contribution in [0.5, 0.6) is 0 Å². The van der Waals surface area contributed by atoms with E-state index in [4.69, 9.17) is 4.84 Å². The van der Waals surface area contributed by atoms with Crippen molar-refractivity contribution >= 4 is 11.9 Å². The summed E-state index contributed by atoms with van der Waals surface area (Å²) < 4.78 is 0. The third-order valence-electron chi connectivity index (χ3n) is 2.92. The molecule has 1 amide bonds. The lowest BCUT2D eigenvalue weighted by atomic mass is 9.82. The van der Waals surface area contributed by atoms with Crippen LogP contribution in [0.25, 0.3) is 0 Å². The maximum atomic E-state index is 12.2. The van der Waals surface area contributed by atoms with Gasteiger partial charge in [0.05, 0.1) is 17.4 Å². The quantitative estimate of drug-likeness (QED) is 0.673. The number of hydroxylamine groups is 1. The third kappa shape index (κ3) is 7.48. The fraction of sp³-hybridized carbons (Fsp3) is 0.867. The number of carboxylic acid groups (broad SMARTS) is 1. The van der Waals surface area contributed by atoms with Gasteiger partial charge in [-0.15, -0.1) is 0 Å². The number of amides is 1. The molecule has 0 aromatic heterocycles. The Morgan fingerprint density at radius 2 is 1.75 bits per heavy atom. The number of hydrogen-bond acceptors (Lipinski definition) is 3. The van der Waals surface area contributed by atoms with Crippen LogP contribution in [-0.2, 0) is 14.4 Å². The van der Waals surface area contributed by atoms with E-state index >= 15 is 0 Å². The van der Waals surface area contributed by atoms with Crippen molar-refractivity contribution in [2.75, 3.05) is 0 Å². The molecule has 118 valence electrons. The summed E-state index contributed by atoms with van der Waals surface area (Å²) in [4.78, 5) is 28.9. The Labute approximate surface area is 122 Å². The topological polar surface area (TPSA) is 75.6 Å². The molecular formula is C15H29NO4. The fourth-order valence-electron chi connectivity index (χ4n) is 2.05. The Balaban J connectivity index is 4.89. The van der Waals surface area contributed by atoms with Crippen molar-refractivity contribution in [3.05, 3.63) is 0 Å². The van der Waals surface area contributed by atoms with E-state index in [0.717, 1.165) is 6.42 Å². The SMILES string of the molecule is CCCC(C(=O)NOC(C)(C)C)[C@@H](CC(C)C)C(=O)O. The summed E-state index contributed by atoms with van der Waals surface area (Å²) in [5, 5.41) is 9.38. The van der Waals surface area contributed by atoms with Gasteiger partial charge in [0.15, 0.2) is 0 Å². The van der Waals surface area contributed by atoms with Gasteiger partial charge in [0.1, 0.15) is 0 Å². The van der Waals surface area contributed by atoms with Crippen molar-refractivity contribution < 1.29 is 19.5 Å². The summed E-state index contributed by atoms with van der Waals surface area (Å²) in [6.07, 6.45) is 1.79. The van der Waals surface area contributed by atoms with Gasteiger partial charge in [-0.1, -0.05) is 27.2 Å². The van der Waals surface area contributed by atoms with Crippen LogP contribution >= 0.6 is 0 Å². The molecular weight excluding hydrogens is 258 g/mol. The maximum absolute atomic E-state index is 12.2. The molecule has 5 heteroatoms. The third-order valence-corrected chi connectivity index (χ3v) is 2.92. The first-order valence-electron chi connectivity index (χ1n) is 7.29. The number of carbonyl (C=O) groups is 2. The van der Waals surface area contributed by atoms with Gasteiger partial charge in [-0.25, -0.2) is 5.48 Å². The van der Waals surface area contributed by atoms with Gasteiger partial charge >= 0.3 is 5.97 Å². The van der Waals surface area contributed by atoms with Gasteiger partial charge in [0.25, 0.3) is 0 Å². The molecule has 0 aromatic carbocycles. The molecule has 2 atom stereocenters. The lowest BCUT2D eigenvalue weighted by Crippen LogP contribution is -2.41. The summed E-state index contributed by atoms with van der Waals surface area (Å²) in [7, 11) is 0. The first-order chi connectivity index (χ1) is 9.08. The van der Waals surface area contributed by atoms with Crippen molar-refractivity contribution in [1.29, 1.82) is 0 Å². The van der Waals surface area contributed by atoms with Crippen molar-refractivity contribution in [2.24, 2.45) is 17.8 Å². The molecule has 0 radical (unpaired) electrons. The van der Waals surface area contributed by atoms with Crippen LogP contribution in [0.1, 0.15) is 60.8 Å². The molecule has 0 aliphatic carbocycles. The minimum atomic E-state index is -0.914. The Hall–Kier alpha value is -1.10. The molecule has 20 heavy (non-hydrogen) atoms. The van der Waals surface area contributed by atoms with Gasteiger partial charge < -0.3 is 5.11 Å². The minimum absolute atomic E-state index is 0.229. The van der Waals surface area contributed by atoms with Crippen LogP contribution in [0.15, 0.2) is 0 Å². The zero-order valence-electron chi connectivity index (χ0n) is 13.5. The number of rotatable bonds is 8. The highest BCUT2D eigenvalue weighted by Gasteiger charge is 2.34. The van der Waals surface area contributed by atoms with E-state index in [1.54, 1.807) is 0 Å². The van der Waals surface area contributed by atoms with Crippen molar-refractivity contribution in [3.8, 4) is 0 Å². The average molecular weight is 287 g/mol. The monoisotopic (exact) mass is 287 g/mol. The Bertz CT molecular complexity index is 320. The summed E-state index contributed by atoms with van der Waals surface area (Å²) in [5.41, 5.74) is 1.92. The molecule has 0 aliphatic heterocycles. The first-order valence-corrected chi connectivity index (χ1v) is 7.29. The molecule has 0 fully saturated rings. The van der Waals surface area contributed by atoms with Crippen molar-refractivity contribution in [3.63, 3.8) is 0 Å². The van der Waals surface area contributed by atoms with Crippen LogP contribution < -0.4 is 5.48 Å². The molecule has 0 spiro atoms. The fourth-order valence-corrected chi connectivity index (χ4v) is 2.05. The molecule has 2 N–H and O–H groups in total. The van der Waals surface area contributed by atoms with Crippen molar-refractivity contribution in [2.45, 2.75) is 66.4 Å². The van der Waals surface area contributed by atoms with Crippen LogP contribution in [0.4, 0.5) is 0 Å². The first kappa shape index (κ1) is 18.9. The second-order valence-corrected chi connectivity index (χ2v) is 6.65. The highest BCUT2D eigenvalue weighted by atomic mass is 16.7. The highest BCUT2D eigenvalue weighted by Crippen LogP contribution is 2.25. The normalized spacial score (nSPS) is 14.9. The second kappa shape index (κ2) is 8.25. The highest BCUT2D eigenvalue weighted by molar-refractivity contribution is 5.84. The number of hydrogen-bond donors (Lipinski definition) is 2. The lowest BCUT2D eigenvalue weighted by molar-refractivity contribution is -0.158. The van der Waals surface area contributed by atoms with Crippen LogP contribution in [-0.4, -0.2) is 22.6 Å². The Kier molecular flexibility index (Phi) is 7.79. The molecule has 0 rings (SSSR count). The number of aliphatic carboxylic acids is 1.